The molecule has 0 aliphatic carbocycles. The molecule has 5 nitrogen and oxygen atoms in total. The number of hydrogen-bond donors (Lipinski definition) is 1. The van der Waals surface area contributed by atoms with Gasteiger partial charge in [-0.3, -0.25) is 9.59 Å². The second-order valence-electron chi connectivity index (χ2n) is 7.94. The summed E-state index contributed by atoms with van der Waals surface area (Å²) in [6, 6.07) is 16.5. The lowest BCUT2D eigenvalue weighted by molar-refractivity contribution is -0.144. The normalized spacial score (nSPS) is 11.6. The topological polar surface area (TPSA) is 72.8 Å². The number of rotatable bonds is 9. The molecular weight excluding hydrogens is 423 g/mol. The van der Waals surface area contributed by atoms with Crippen LogP contribution in [0.5, 0.6) is 11.5 Å². The molecule has 1 N–H and O–H groups in total. The Morgan fingerprint density at radius 3 is 2.36 bits per heavy atom. The van der Waals surface area contributed by atoms with Gasteiger partial charge in [-0.25, -0.2) is 4.39 Å². The largest absolute Gasteiger partial charge is 0.508 e. The molecule has 0 spiro atoms. The second-order valence-corrected chi connectivity index (χ2v) is 7.94. The van der Waals surface area contributed by atoms with Gasteiger partial charge in [0.2, 0.25) is 0 Å². The number of esters is 1. The molecule has 0 radical (unpaired) electrons. The Kier molecular flexibility index (Phi) is 7.83. The number of ketones is 1. The van der Waals surface area contributed by atoms with Gasteiger partial charge in [0.25, 0.3) is 0 Å². The van der Waals surface area contributed by atoms with Crippen LogP contribution in [-0.2, 0) is 22.4 Å². The quantitative estimate of drug-likeness (QED) is 0.350. The first kappa shape index (κ1) is 24.0. The van der Waals surface area contributed by atoms with Crippen LogP contribution in [0.25, 0.3) is 11.1 Å². The zero-order valence-electron chi connectivity index (χ0n) is 18.9. The number of methoxy groups -OCH3 is 2. The predicted molar refractivity (Wildman–Crippen MR) is 124 cm³/mol. The third-order valence-electron chi connectivity index (χ3n) is 5.61. The minimum Gasteiger partial charge on any atom is -0.508 e. The zero-order valence-corrected chi connectivity index (χ0v) is 18.9. The Labute approximate surface area is 192 Å². The van der Waals surface area contributed by atoms with Crippen molar-refractivity contribution < 1.29 is 28.6 Å². The number of aryl methyl sites for hydroxylation is 1. The van der Waals surface area contributed by atoms with Gasteiger partial charge in [-0.05, 0) is 53.8 Å². The summed E-state index contributed by atoms with van der Waals surface area (Å²) in [5.74, 6) is -0.400. The zero-order chi connectivity index (χ0) is 24.0. The van der Waals surface area contributed by atoms with Crippen LogP contribution in [0.4, 0.5) is 4.39 Å². The summed E-state index contributed by atoms with van der Waals surface area (Å²) in [6.07, 6.45) is 1.06. The number of halogens is 1. The van der Waals surface area contributed by atoms with Gasteiger partial charge in [-0.1, -0.05) is 43.3 Å². The number of Topliss-reactive ketones (excluding diaryl/α,β-unsaturated/α-hetero) is 1. The highest BCUT2D eigenvalue weighted by atomic mass is 19.1. The number of carbonyl (C=O) groups excluding carboxylic acids is 2. The Morgan fingerprint density at radius 1 is 1.00 bits per heavy atom. The maximum absolute atomic E-state index is 14.2. The van der Waals surface area contributed by atoms with E-state index < -0.39 is 0 Å². The van der Waals surface area contributed by atoms with Crippen molar-refractivity contribution in [2.75, 3.05) is 14.2 Å². The minimum atomic E-state index is -0.366. The van der Waals surface area contributed by atoms with Gasteiger partial charge >= 0.3 is 5.97 Å². The van der Waals surface area contributed by atoms with Gasteiger partial charge in [0.05, 0.1) is 20.1 Å². The van der Waals surface area contributed by atoms with Crippen LogP contribution in [0.15, 0.2) is 60.7 Å². The van der Waals surface area contributed by atoms with Crippen LogP contribution >= 0.6 is 0 Å². The molecule has 0 aromatic heterocycles. The second kappa shape index (κ2) is 10.8. The summed E-state index contributed by atoms with van der Waals surface area (Å²) in [6.45, 7) is 1.77. The number of phenolic OH excluding ortho intramolecular Hbond substituents is 1. The Hall–Kier alpha value is -3.67. The average molecular weight is 451 g/mol. The van der Waals surface area contributed by atoms with Crippen molar-refractivity contribution in [3.8, 4) is 22.6 Å². The smallest absolute Gasteiger partial charge is 0.308 e. The van der Waals surface area contributed by atoms with E-state index in [1.165, 1.54) is 20.3 Å². The van der Waals surface area contributed by atoms with Crippen LogP contribution in [0.1, 0.15) is 34.8 Å². The molecule has 0 heterocycles. The van der Waals surface area contributed by atoms with Crippen LogP contribution in [0.3, 0.4) is 0 Å². The molecule has 3 aromatic rings. The molecule has 33 heavy (non-hydrogen) atoms. The number of ether oxygens (including phenoxy) is 2. The fourth-order valence-electron chi connectivity index (χ4n) is 3.67. The molecule has 0 saturated carbocycles. The number of aromatic hydroxyl groups is 1. The molecule has 3 rings (SSSR count). The first-order valence-electron chi connectivity index (χ1n) is 10.7. The van der Waals surface area contributed by atoms with Gasteiger partial charge < -0.3 is 14.6 Å². The Bertz CT molecular complexity index is 1140. The molecular formula is C27H27FO5. The fourth-order valence-corrected chi connectivity index (χ4v) is 3.67. The van der Waals surface area contributed by atoms with E-state index in [9.17, 15) is 19.1 Å². The third-order valence-corrected chi connectivity index (χ3v) is 5.61. The number of phenols is 1. The van der Waals surface area contributed by atoms with Crippen molar-refractivity contribution in [3.05, 3.63) is 83.2 Å². The summed E-state index contributed by atoms with van der Waals surface area (Å²) < 4.78 is 24.1. The van der Waals surface area contributed by atoms with Crippen molar-refractivity contribution >= 4 is 11.8 Å². The summed E-state index contributed by atoms with van der Waals surface area (Å²) in [5.41, 5.74) is 3.05. The predicted octanol–water partition coefficient (Wildman–Crippen LogP) is 5.37. The van der Waals surface area contributed by atoms with Gasteiger partial charge in [0.1, 0.15) is 17.3 Å². The molecule has 0 bridgehead atoms. The van der Waals surface area contributed by atoms with E-state index in [4.69, 9.17) is 9.47 Å². The Morgan fingerprint density at radius 2 is 1.73 bits per heavy atom. The number of hydrogen-bond acceptors (Lipinski definition) is 5. The molecule has 1 atom stereocenters. The first-order chi connectivity index (χ1) is 15.8. The van der Waals surface area contributed by atoms with E-state index in [1.54, 1.807) is 55.5 Å². The standard InChI is InChI=1S/C27H27FO5/c1-17(27(31)33-3)14-18-4-5-21(26(30)15-18)10-13-25(29)20-8-6-19(7-9-20)23-16-22(32-2)11-12-24(23)28/h4-9,11-12,15-17,30H,10,13-14H2,1-3H3/t17-/m0/s1. The van der Waals surface area contributed by atoms with Gasteiger partial charge in [-0.15, -0.1) is 0 Å². The molecule has 6 heteroatoms. The first-order valence-corrected chi connectivity index (χ1v) is 10.7. The van der Waals surface area contributed by atoms with E-state index in [0.717, 1.165) is 5.56 Å². The summed E-state index contributed by atoms with van der Waals surface area (Å²) >= 11 is 0. The Balaban J connectivity index is 1.63. The number of benzene rings is 3. The van der Waals surface area contributed by atoms with Crippen molar-refractivity contribution in [1.82, 2.24) is 0 Å². The van der Waals surface area contributed by atoms with Crippen molar-refractivity contribution in [1.29, 1.82) is 0 Å². The van der Waals surface area contributed by atoms with Gasteiger partial charge in [0, 0.05) is 17.5 Å². The van der Waals surface area contributed by atoms with Gasteiger partial charge in [0.15, 0.2) is 5.78 Å². The summed E-state index contributed by atoms with van der Waals surface area (Å²) in [5, 5.41) is 10.3. The van der Waals surface area contributed by atoms with Crippen molar-refractivity contribution in [3.63, 3.8) is 0 Å². The highest BCUT2D eigenvalue weighted by molar-refractivity contribution is 5.96. The highest BCUT2D eigenvalue weighted by Gasteiger charge is 2.15. The molecule has 0 aliphatic heterocycles. The highest BCUT2D eigenvalue weighted by Crippen LogP contribution is 2.28. The van der Waals surface area contributed by atoms with E-state index in [2.05, 4.69) is 0 Å². The average Bonchev–Trinajstić information content (AvgIpc) is 2.83. The maximum Gasteiger partial charge on any atom is 0.308 e. The van der Waals surface area contributed by atoms with Gasteiger partial charge in [-0.2, -0.15) is 0 Å². The molecule has 0 saturated heterocycles. The van der Waals surface area contributed by atoms with Crippen LogP contribution in [0, 0.1) is 11.7 Å². The fraction of sp³-hybridized carbons (Fsp3) is 0.259. The lowest BCUT2D eigenvalue weighted by Gasteiger charge is -2.11. The van der Waals surface area contributed by atoms with Crippen molar-refractivity contribution in [2.24, 2.45) is 5.92 Å². The SMILES string of the molecule is COC(=O)[C@@H](C)Cc1ccc(CCC(=O)c2ccc(-c3cc(OC)ccc3F)cc2)c(O)c1. The molecule has 0 aliphatic rings. The molecule has 172 valence electrons. The minimum absolute atomic E-state index is 0.0737. The number of carbonyl (C=O) groups is 2. The summed E-state index contributed by atoms with van der Waals surface area (Å²) in [4.78, 5) is 24.2. The van der Waals surface area contributed by atoms with Crippen molar-refractivity contribution in [2.45, 2.75) is 26.2 Å². The van der Waals surface area contributed by atoms with E-state index >= 15 is 0 Å². The lowest BCUT2D eigenvalue weighted by Crippen LogP contribution is -2.15. The molecule has 0 amide bonds. The molecule has 3 aromatic carbocycles. The lowest BCUT2D eigenvalue weighted by atomic mass is 9.96. The third kappa shape index (κ3) is 5.98. The van der Waals surface area contributed by atoms with E-state index in [-0.39, 0.29) is 35.7 Å². The van der Waals surface area contributed by atoms with E-state index in [1.807, 2.05) is 6.07 Å². The van der Waals surface area contributed by atoms with Crippen LogP contribution < -0.4 is 4.74 Å². The summed E-state index contributed by atoms with van der Waals surface area (Å²) in [7, 11) is 2.87. The van der Waals surface area contributed by atoms with Crippen LogP contribution in [0.2, 0.25) is 0 Å². The molecule has 0 fully saturated rings. The monoisotopic (exact) mass is 450 g/mol. The maximum atomic E-state index is 14.2. The van der Waals surface area contributed by atoms with E-state index in [0.29, 0.717) is 40.8 Å². The molecule has 0 unspecified atom stereocenters. The van der Waals surface area contributed by atoms with Crippen LogP contribution in [-0.4, -0.2) is 31.1 Å².